The molecule has 3 aliphatic heterocycles. The Balaban J connectivity index is 1.38. The number of anilines is 1. The maximum Gasteiger partial charge on any atom is 0.259 e. The molecule has 3 aliphatic rings. The smallest absolute Gasteiger partial charge is 0.259 e. The Labute approximate surface area is 183 Å². The summed E-state index contributed by atoms with van der Waals surface area (Å²) in [5.41, 5.74) is 1.14. The number of pyridine rings is 1. The number of aromatic nitrogens is 1. The lowest BCUT2D eigenvalue weighted by molar-refractivity contribution is -0.121. The number of nitrogens with zero attached hydrogens (tertiary/aromatic N) is 3. The molecule has 3 saturated heterocycles. The first kappa shape index (κ1) is 22.2. The first-order valence-electron chi connectivity index (χ1n) is 10.9. The second kappa shape index (κ2) is 8.85. The molecule has 0 bridgehead atoms. The number of carbonyl (C=O) groups is 1. The summed E-state index contributed by atoms with van der Waals surface area (Å²) >= 11 is 0. The van der Waals surface area contributed by atoms with Crippen LogP contribution >= 0.6 is 0 Å². The van der Waals surface area contributed by atoms with Gasteiger partial charge >= 0.3 is 0 Å². The third-order valence-electron chi connectivity index (χ3n) is 6.63. The van der Waals surface area contributed by atoms with Crippen LogP contribution in [0.2, 0.25) is 0 Å². The van der Waals surface area contributed by atoms with Crippen molar-refractivity contribution in [3.05, 3.63) is 23.4 Å². The van der Waals surface area contributed by atoms with Gasteiger partial charge in [0.15, 0.2) is 0 Å². The summed E-state index contributed by atoms with van der Waals surface area (Å²) in [6.45, 7) is 4.85. The molecule has 0 radical (unpaired) electrons. The number of hydrogen-bond acceptors (Lipinski definition) is 7. The van der Waals surface area contributed by atoms with Gasteiger partial charge in [0, 0.05) is 30.4 Å². The molecular weight excluding hydrogens is 416 g/mol. The van der Waals surface area contributed by atoms with E-state index in [1.54, 1.807) is 6.20 Å². The van der Waals surface area contributed by atoms with E-state index < -0.39 is 9.73 Å². The minimum Gasteiger partial charge on any atom is -0.378 e. The molecule has 4 heterocycles. The Kier molecular flexibility index (Phi) is 6.33. The third-order valence-corrected chi connectivity index (χ3v) is 8.83. The topological polar surface area (TPSA) is 114 Å². The van der Waals surface area contributed by atoms with Crippen molar-refractivity contribution in [3.8, 4) is 6.07 Å². The largest absolute Gasteiger partial charge is 0.378 e. The standard InChI is InChI=1S/C22H30N4O4S/c1-15-9-20(24-13-18(15)12-23)25-19-3-6-30-22(11-19)4-7-31(28,8-5-22)26-21(27)17-10-16(2)29-14-17/h9,13,16-17,19H,3-8,10-11,14H2,1-2H3,(H,24,25). The van der Waals surface area contributed by atoms with E-state index in [4.69, 9.17) is 14.7 Å². The van der Waals surface area contributed by atoms with Gasteiger partial charge in [-0.3, -0.25) is 4.79 Å². The Morgan fingerprint density at radius 3 is 2.84 bits per heavy atom. The van der Waals surface area contributed by atoms with Gasteiger partial charge in [0.05, 0.1) is 39.5 Å². The number of nitriles is 1. The monoisotopic (exact) mass is 446 g/mol. The van der Waals surface area contributed by atoms with E-state index in [-0.39, 0.29) is 29.6 Å². The molecule has 1 spiro atoms. The van der Waals surface area contributed by atoms with Crippen LogP contribution in [-0.2, 0) is 24.0 Å². The van der Waals surface area contributed by atoms with Gasteiger partial charge in [0.1, 0.15) is 11.9 Å². The Morgan fingerprint density at radius 1 is 1.42 bits per heavy atom. The average Bonchev–Trinajstić information content (AvgIpc) is 3.18. The van der Waals surface area contributed by atoms with Crippen LogP contribution in [0.15, 0.2) is 16.6 Å². The van der Waals surface area contributed by atoms with Crippen molar-refractivity contribution in [1.82, 2.24) is 4.98 Å². The molecule has 1 aromatic rings. The molecule has 3 unspecified atom stereocenters. The van der Waals surface area contributed by atoms with E-state index in [1.807, 2.05) is 19.9 Å². The molecule has 1 aromatic heterocycles. The molecule has 4 rings (SSSR count). The van der Waals surface area contributed by atoms with E-state index in [2.05, 4.69) is 20.7 Å². The molecule has 0 aromatic carbocycles. The maximum atomic E-state index is 13.2. The van der Waals surface area contributed by atoms with Crippen LogP contribution in [0.1, 0.15) is 50.2 Å². The molecule has 8 nitrogen and oxygen atoms in total. The number of ether oxygens (including phenoxy) is 2. The van der Waals surface area contributed by atoms with Gasteiger partial charge in [-0.15, -0.1) is 0 Å². The highest BCUT2D eigenvalue weighted by molar-refractivity contribution is 7.93. The first-order chi connectivity index (χ1) is 14.8. The highest BCUT2D eigenvalue weighted by atomic mass is 32.2. The van der Waals surface area contributed by atoms with E-state index in [0.29, 0.717) is 49.5 Å². The van der Waals surface area contributed by atoms with Crippen LogP contribution in [0.3, 0.4) is 0 Å². The van der Waals surface area contributed by atoms with Crippen molar-refractivity contribution < 1.29 is 18.5 Å². The van der Waals surface area contributed by atoms with Gasteiger partial charge in [-0.1, -0.05) is 0 Å². The number of rotatable bonds is 3. The molecule has 1 N–H and O–H groups in total. The molecule has 0 saturated carbocycles. The van der Waals surface area contributed by atoms with Crippen LogP contribution in [-0.4, -0.2) is 57.6 Å². The fourth-order valence-electron chi connectivity index (χ4n) is 4.70. The van der Waals surface area contributed by atoms with Crippen molar-refractivity contribution in [2.75, 3.05) is 30.0 Å². The number of carbonyl (C=O) groups excluding carboxylic acids is 1. The summed E-state index contributed by atoms with van der Waals surface area (Å²) in [5, 5.41) is 12.6. The molecule has 3 atom stereocenters. The molecule has 3 fully saturated rings. The Morgan fingerprint density at radius 2 is 2.19 bits per heavy atom. The normalized spacial score (nSPS) is 35.5. The van der Waals surface area contributed by atoms with E-state index in [0.717, 1.165) is 24.2 Å². The van der Waals surface area contributed by atoms with Crippen molar-refractivity contribution >= 4 is 21.5 Å². The predicted molar refractivity (Wildman–Crippen MR) is 117 cm³/mol. The zero-order valence-corrected chi connectivity index (χ0v) is 19.0. The van der Waals surface area contributed by atoms with Crippen LogP contribution in [0.5, 0.6) is 0 Å². The van der Waals surface area contributed by atoms with Crippen molar-refractivity contribution in [3.63, 3.8) is 0 Å². The second-order valence-corrected chi connectivity index (χ2v) is 11.6. The van der Waals surface area contributed by atoms with Crippen molar-refractivity contribution in [2.45, 2.75) is 63.7 Å². The predicted octanol–water partition coefficient (Wildman–Crippen LogP) is 2.80. The van der Waals surface area contributed by atoms with Crippen LogP contribution in [0.4, 0.5) is 5.82 Å². The molecular formula is C22H30N4O4S. The van der Waals surface area contributed by atoms with Crippen LogP contribution in [0, 0.1) is 24.2 Å². The summed E-state index contributed by atoms with van der Waals surface area (Å²) in [4.78, 5) is 16.8. The van der Waals surface area contributed by atoms with E-state index >= 15 is 0 Å². The highest BCUT2D eigenvalue weighted by Gasteiger charge is 2.42. The minimum atomic E-state index is -2.53. The summed E-state index contributed by atoms with van der Waals surface area (Å²) in [6, 6.07) is 4.22. The Bertz CT molecular complexity index is 997. The summed E-state index contributed by atoms with van der Waals surface area (Å²) < 4.78 is 29.0. The van der Waals surface area contributed by atoms with Crippen molar-refractivity contribution in [1.29, 1.82) is 5.26 Å². The zero-order valence-electron chi connectivity index (χ0n) is 18.1. The van der Waals surface area contributed by atoms with Crippen LogP contribution in [0.25, 0.3) is 0 Å². The summed E-state index contributed by atoms with van der Waals surface area (Å²) in [7, 11) is -2.53. The summed E-state index contributed by atoms with van der Waals surface area (Å²) in [5.74, 6) is 1.02. The lowest BCUT2D eigenvalue weighted by Crippen LogP contribution is -2.49. The third kappa shape index (κ3) is 5.08. The van der Waals surface area contributed by atoms with Crippen LogP contribution < -0.4 is 5.32 Å². The lowest BCUT2D eigenvalue weighted by atomic mass is 9.85. The molecule has 168 valence electrons. The zero-order chi connectivity index (χ0) is 22.1. The number of amides is 1. The van der Waals surface area contributed by atoms with Gasteiger partial charge in [-0.05, 0) is 57.6 Å². The minimum absolute atomic E-state index is 0.0610. The lowest BCUT2D eigenvalue weighted by Gasteiger charge is -2.44. The molecule has 9 heteroatoms. The van der Waals surface area contributed by atoms with Gasteiger partial charge < -0.3 is 14.8 Å². The Hall–Kier alpha value is -2.02. The van der Waals surface area contributed by atoms with Gasteiger partial charge in [0.2, 0.25) is 0 Å². The average molecular weight is 447 g/mol. The number of aryl methyl sites for hydroxylation is 1. The first-order valence-corrected chi connectivity index (χ1v) is 12.8. The number of nitrogens with one attached hydrogen (secondary N) is 1. The second-order valence-electron chi connectivity index (χ2n) is 9.05. The highest BCUT2D eigenvalue weighted by Crippen LogP contribution is 2.37. The molecule has 1 amide bonds. The maximum absolute atomic E-state index is 13.2. The van der Waals surface area contributed by atoms with Gasteiger partial charge in [-0.2, -0.15) is 9.62 Å². The van der Waals surface area contributed by atoms with Gasteiger partial charge in [-0.25, -0.2) is 9.19 Å². The molecule has 31 heavy (non-hydrogen) atoms. The van der Waals surface area contributed by atoms with E-state index in [1.165, 1.54) is 0 Å². The SMILES string of the molecule is Cc1cc(NC2CCOC3(CCS(=O)(=NC(=O)C4COC(C)C4)CC3)C2)ncc1C#N. The van der Waals surface area contributed by atoms with Crippen molar-refractivity contribution in [2.24, 2.45) is 10.3 Å². The number of hydrogen-bond donors (Lipinski definition) is 1. The van der Waals surface area contributed by atoms with Gasteiger partial charge in [0.25, 0.3) is 5.91 Å². The fourth-order valence-corrected chi connectivity index (χ4v) is 6.94. The van der Waals surface area contributed by atoms with E-state index in [9.17, 15) is 9.00 Å². The molecule has 0 aliphatic carbocycles. The summed E-state index contributed by atoms with van der Waals surface area (Å²) in [6.07, 6.45) is 5.24. The quantitative estimate of drug-likeness (QED) is 0.759. The fraction of sp³-hybridized carbons (Fsp3) is 0.682.